The molecule has 1 aliphatic rings. The number of hydrogen-bond acceptors (Lipinski definition) is 2. The van der Waals surface area contributed by atoms with Crippen LogP contribution in [0.1, 0.15) is 17.0 Å². The van der Waals surface area contributed by atoms with E-state index in [0.717, 1.165) is 22.0 Å². The lowest BCUT2D eigenvalue weighted by Gasteiger charge is -2.13. The molecule has 0 radical (unpaired) electrons. The lowest BCUT2D eigenvalue weighted by molar-refractivity contribution is -0.123. The number of aryl methyl sites for hydroxylation is 1. The molecule has 2 heterocycles. The van der Waals surface area contributed by atoms with Crippen LogP contribution in [0, 0.1) is 6.92 Å². The van der Waals surface area contributed by atoms with Gasteiger partial charge in [0, 0.05) is 27.1 Å². The molecule has 4 rings (SSSR count). The Morgan fingerprint density at radius 2 is 1.76 bits per heavy atom. The summed E-state index contributed by atoms with van der Waals surface area (Å²) in [5.41, 5.74) is 3.65. The first-order valence-corrected chi connectivity index (χ1v) is 9.72. The Bertz CT molecular complexity index is 1140. The monoisotopic (exact) mass is 425 g/mol. The Kier molecular flexibility index (Phi) is 5.18. The van der Waals surface area contributed by atoms with Gasteiger partial charge in [-0.15, -0.1) is 0 Å². The fraction of sp³-hybridized carbons (Fsp3) is 0.0909. The van der Waals surface area contributed by atoms with E-state index in [4.69, 9.17) is 23.2 Å². The van der Waals surface area contributed by atoms with Crippen LogP contribution in [0.4, 0.5) is 4.79 Å². The summed E-state index contributed by atoms with van der Waals surface area (Å²) in [5.74, 6) is -0.403. The molecule has 0 unspecified atom stereocenters. The first-order valence-electron chi connectivity index (χ1n) is 8.96. The van der Waals surface area contributed by atoms with Gasteiger partial charge in [-0.05, 0) is 55.0 Å². The van der Waals surface area contributed by atoms with Crippen LogP contribution in [0.25, 0.3) is 11.8 Å². The number of nitrogens with one attached hydrogen (secondary N) is 1. The Labute approximate surface area is 178 Å². The van der Waals surface area contributed by atoms with Crippen LogP contribution in [0.5, 0.6) is 0 Å². The van der Waals surface area contributed by atoms with E-state index in [1.165, 1.54) is 0 Å². The standard InChI is InChI=1S/C22H17Cl2N3O2/c1-14-7-10-18(27(14)17-5-3-2-4-6-17)12-20-21(28)26(22(29)25-20)13-15-8-9-16(23)11-19(15)24/h2-12H,13H2,1H3,(H,25,29)/b20-12-. The van der Waals surface area contributed by atoms with Crippen molar-refractivity contribution in [2.75, 3.05) is 0 Å². The Balaban J connectivity index is 1.64. The van der Waals surface area contributed by atoms with Gasteiger partial charge in [-0.3, -0.25) is 9.69 Å². The van der Waals surface area contributed by atoms with Gasteiger partial charge in [0.25, 0.3) is 5.91 Å². The summed E-state index contributed by atoms with van der Waals surface area (Å²) in [4.78, 5) is 26.4. The lowest BCUT2D eigenvalue weighted by atomic mass is 10.2. The quantitative estimate of drug-likeness (QED) is 0.462. The topological polar surface area (TPSA) is 54.3 Å². The van der Waals surface area contributed by atoms with Gasteiger partial charge in [0.05, 0.1) is 6.54 Å². The van der Waals surface area contributed by atoms with E-state index in [2.05, 4.69) is 5.32 Å². The highest BCUT2D eigenvalue weighted by Crippen LogP contribution is 2.25. The molecule has 0 saturated carbocycles. The first-order chi connectivity index (χ1) is 13.9. The molecule has 3 amide bonds. The van der Waals surface area contributed by atoms with Crippen molar-refractivity contribution in [3.63, 3.8) is 0 Å². The fourth-order valence-electron chi connectivity index (χ4n) is 3.28. The van der Waals surface area contributed by atoms with Crippen molar-refractivity contribution in [3.8, 4) is 5.69 Å². The van der Waals surface area contributed by atoms with Gasteiger partial charge >= 0.3 is 6.03 Å². The predicted octanol–water partition coefficient (Wildman–Crippen LogP) is 5.19. The Hall–Kier alpha value is -3.02. The first kappa shape index (κ1) is 19.3. The fourth-order valence-corrected chi connectivity index (χ4v) is 3.75. The summed E-state index contributed by atoms with van der Waals surface area (Å²) in [7, 11) is 0. The lowest BCUT2D eigenvalue weighted by Crippen LogP contribution is -2.30. The minimum absolute atomic E-state index is 0.0662. The second-order valence-corrected chi connectivity index (χ2v) is 7.53. The molecule has 0 spiro atoms. The highest BCUT2D eigenvalue weighted by atomic mass is 35.5. The second-order valence-electron chi connectivity index (χ2n) is 6.69. The highest BCUT2D eigenvalue weighted by molar-refractivity contribution is 6.35. The third kappa shape index (κ3) is 3.79. The van der Waals surface area contributed by atoms with Gasteiger partial charge in [0.2, 0.25) is 0 Å². The number of urea groups is 1. The number of halogens is 2. The molecule has 7 heteroatoms. The summed E-state index contributed by atoms with van der Waals surface area (Å²) in [6.45, 7) is 2.05. The van der Waals surface area contributed by atoms with Crippen LogP contribution in [0.3, 0.4) is 0 Å². The molecule has 0 atom stereocenters. The van der Waals surface area contributed by atoms with Gasteiger partial charge in [-0.2, -0.15) is 0 Å². The summed E-state index contributed by atoms with van der Waals surface area (Å²) in [6.07, 6.45) is 1.68. The third-order valence-corrected chi connectivity index (χ3v) is 5.31. The van der Waals surface area contributed by atoms with Crippen molar-refractivity contribution in [1.82, 2.24) is 14.8 Å². The second kappa shape index (κ2) is 7.78. The van der Waals surface area contributed by atoms with Crippen LogP contribution < -0.4 is 5.32 Å². The van der Waals surface area contributed by atoms with Gasteiger partial charge in [0.1, 0.15) is 5.70 Å². The zero-order chi connectivity index (χ0) is 20.5. The van der Waals surface area contributed by atoms with Crippen LogP contribution in [0.15, 0.2) is 66.4 Å². The molecule has 5 nitrogen and oxygen atoms in total. The average molecular weight is 426 g/mol. The largest absolute Gasteiger partial charge is 0.329 e. The summed E-state index contributed by atoms with van der Waals surface area (Å²) < 4.78 is 2.02. The van der Waals surface area contributed by atoms with E-state index < -0.39 is 11.9 Å². The molecule has 1 fully saturated rings. The molecule has 0 bridgehead atoms. The van der Waals surface area contributed by atoms with Crippen LogP contribution in [-0.2, 0) is 11.3 Å². The third-order valence-electron chi connectivity index (χ3n) is 4.72. The number of benzene rings is 2. The minimum Gasteiger partial charge on any atom is -0.314 e. The predicted molar refractivity (Wildman–Crippen MR) is 114 cm³/mol. The van der Waals surface area contributed by atoms with Crippen molar-refractivity contribution in [1.29, 1.82) is 0 Å². The zero-order valence-corrected chi connectivity index (χ0v) is 17.0. The van der Waals surface area contributed by atoms with Gasteiger partial charge in [-0.1, -0.05) is 47.5 Å². The van der Waals surface area contributed by atoms with Crippen LogP contribution >= 0.6 is 23.2 Å². The van der Waals surface area contributed by atoms with Crippen LogP contribution in [0.2, 0.25) is 10.0 Å². The van der Waals surface area contributed by atoms with E-state index in [1.54, 1.807) is 24.3 Å². The molecular weight excluding hydrogens is 409 g/mol. The van der Waals surface area contributed by atoms with Crippen molar-refractivity contribution >= 4 is 41.2 Å². The molecule has 1 N–H and O–H groups in total. The summed E-state index contributed by atoms with van der Waals surface area (Å²) >= 11 is 12.1. The maximum absolute atomic E-state index is 12.9. The highest BCUT2D eigenvalue weighted by Gasteiger charge is 2.34. The van der Waals surface area contributed by atoms with Crippen molar-refractivity contribution in [3.05, 3.63) is 93.4 Å². The van der Waals surface area contributed by atoms with E-state index in [1.807, 2.05) is 54.0 Å². The van der Waals surface area contributed by atoms with Crippen molar-refractivity contribution in [2.24, 2.45) is 0 Å². The van der Waals surface area contributed by atoms with Crippen molar-refractivity contribution in [2.45, 2.75) is 13.5 Å². The van der Waals surface area contributed by atoms with E-state index in [0.29, 0.717) is 15.6 Å². The molecule has 1 aromatic heterocycles. The van der Waals surface area contributed by atoms with E-state index in [-0.39, 0.29) is 12.2 Å². The van der Waals surface area contributed by atoms with Gasteiger partial charge < -0.3 is 9.88 Å². The molecule has 3 aromatic rings. The molecule has 1 aliphatic heterocycles. The maximum Gasteiger partial charge on any atom is 0.329 e. The Morgan fingerprint density at radius 1 is 1.00 bits per heavy atom. The molecule has 0 aliphatic carbocycles. The van der Waals surface area contributed by atoms with Gasteiger partial charge in [0.15, 0.2) is 0 Å². The zero-order valence-electron chi connectivity index (χ0n) is 15.5. The molecule has 146 valence electrons. The maximum atomic E-state index is 12.9. The number of rotatable bonds is 4. The number of carbonyl (C=O) groups excluding carboxylic acids is 2. The smallest absolute Gasteiger partial charge is 0.314 e. The van der Waals surface area contributed by atoms with E-state index >= 15 is 0 Å². The van der Waals surface area contributed by atoms with Gasteiger partial charge in [-0.25, -0.2) is 4.79 Å². The minimum atomic E-state index is -0.484. The number of imide groups is 1. The van der Waals surface area contributed by atoms with Crippen LogP contribution in [-0.4, -0.2) is 21.4 Å². The van der Waals surface area contributed by atoms with E-state index in [9.17, 15) is 9.59 Å². The molecular formula is C22H17Cl2N3O2. The average Bonchev–Trinajstić information content (AvgIpc) is 3.18. The number of hydrogen-bond donors (Lipinski definition) is 1. The number of nitrogens with zero attached hydrogens (tertiary/aromatic N) is 2. The molecule has 1 saturated heterocycles. The molecule has 29 heavy (non-hydrogen) atoms. The van der Waals surface area contributed by atoms with Crippen molar-refractivity contribution < 1.29 is 9.59 Å². The normalized spacial score (nSPS) is 15.3. The summed E-state index contributed by atoms with van der Waals surface area (Å²) in [6, 6.07) is 18.2. The SMILES string of the molecule is Cc1ccc(/C=C2\NC(=O)N(Cc3ccc(Cl)cc3Cl)C2=O)n1-c1ccccc1. The number of aromatic nitrogens is 1. The summed E-state index contributed by atoms with van der Waals surface area (Å²) in [5, 5.41) is 3.56. The molecule has 2 aromatic carbocycles. The number of amides is 3. The Morgan fingerprint density at radius 3 is 2.48 bits per heavy atom. The number of para-hydroxylation sites is 1. The number of carbonyl (C=O) groups is 2.